The van der Waals surface area contributed by atoms with Crippen molar-refractivity contribution in [1.29, 1.82) is 0 Å². The Morgan fingerprint density at radius 3 is 2.72 bits per heavy atom. The van der Waals surface area contributed by atoms with Crippen LogP contribution in [-0.4, -0.2) is 29.1 Å². The van der Waals surface area contributed by atoms with E-state index < -0.39 is 23.9 Å². The molecule has 1 heterocycles. The SMILES string of the molecule is NC(=O)CC[C@H](NC(=O)N1OCc2ccc3ccccc3c21)C(=O)O. The van der Waals surface area contributed by atoms with E-state index in [1.807, 2.05) is 36.4 Å². The summed E-state index contributed by atoms with van der Waals surface area (Å²) in [4.78, 5) is 40.1. The first-order valence-electron chi connectivity index (χ1n) is 7.72. The number of nitrogens with zero attached hydrogens (tertiary/aromatic N) is 1. The fraction of sp³-hybridized carbons (Fsp3) is 0.235. The van der Waals surface area contributed by atoms with Gasteiger partial charge in [0.15, 0.2) is 0 Å². The lowest BCUT2D eigenvalue weighted by molar-refractivity contribution is -0.139. The zero-order valence-corrected chi connectivity index (χ0v) is 13.3. The van der Waals surface area contributed by atoms with Crippen molar-refractivity contribution in [3.05, 3.63) is 42.0 Å². The average Bonchev–Trinajstić information content (AvgIpc) is 3.02. The molecule has 8 nitrogen and oxygen atoms in total. The number of carbonyl (C=O) groups is 3. The molecule has 0 radical (unpaired) electrons. The van der Waals surface area contributed by atoms with Gasteiger partial charge in [0.25, 0.3) is 0 Å². The van der Waals surface area contributed by atoms with Crippen molar-refractivity contribution < 1.29 is 24.3 Å². The number of carboxylic acid groups (broad SMARTS) is 1. The summed E-state index contributed by atoms with van der Waals surface area (Å²) in [5, 5.41) is 14.4. The number of hydrogen-bond donors (Lipinski definition) is 3. The number of carboxylic acids is 1. The van der Waals surface area contributed by atoms with Crippen molar-refractivity contribution in [3.63, 3.8) is 0 Å². The average molecular weight is 343 g/mol. The maximum Gasteiger partial charge on any atom is 0.346 e. The number of nitrogens with two attached hydrogens (primary N) is 1. The van der Waals surface area contributed by atoms with Crippen LogP contribution in [0.4, 0.5) is 10.5 Å². The Bertz CT molecular complexity index is 851. The summed E-state index contributed by atoms with van der Waals surface area (Å²) in [6.07, 6.45) is -0.232. The predicted octanol–water partition coefficient (Wildman–Crippen LogP) is 1.52. The first kappa shape index (κ1) is 16.7. The Morgan fingerprint density at radius 1 is 1.24 bits per heavy atom. The van der Waals surface area contributed by atoms with Crippen LogP contribution in [0.5, 0.6) is 0 Å². The van der Waals surface area contributed by atoms with Gasteiger partial charge in [0.05, 0.1) is 5.69 Å². The molecule has 0 unspecified atom stereocenters. The smallest absolute Gasteiger partial charge is 0.346 e. The second kappa shape index (κ2) is 6.78. The third-order valence-electron chi connectivity index (χ3n) is 4.00. The van der Waals surface area contributed by atoms with Gasteiger partial charge in [-0.3, -0.25) is 9.63 Å². The van der Waals surface area contributed by atoms with Crippen LogP contribution in [0.1, 0.15) is 18.4 Å². The lowest BCUT2D eigenvalue weighted by Gasteiger charge is -2.21. The van der Waals surface area contributed by atoms with Crippen molar-refractivity contribution in [3.8, 4) is 0 Å². The van der Waals surface area contributed by atoms with Gasteiger partial charge in [0.2, 0.25) is 5.91 Å². The molecule has 0 saturated heterocycles. The van der Waals surface area contributed by atoms with E-state index in [1.54, 1.807) is 0 Å². The zero-order valence-electron chi connectivity index (χ0n) is 13.3. The summed E-state index contributed by atoms with van der Waals surface area (Å²) in [5.74, 6) is -1.87. The fourth-order valence-corrected chi connectivity index (χ4v) is 2.77. The van der Waals surface area contributed by atoms with Crippen molar-refractivity contribution in [2.45, 2.75) is 25.5 Å². The summed E-state index contributed by atoms with van der Waals surface area (Å²) in [6, 6.07) is 9.39. The molecule has 8 heteroatoms. The first-order valence-corrected chi connectivity index (χ1v) is 7.72. The molecular formula is C17H17N3O5. The van der Waals surface area contributed by atoms with E-state index in [2.05, 4.69) is 5.32 Å². The quantitative estimate of drug-likeness (QED) is 0.760. The van der Waals surface area contributed by atoms with Crippen LogP contribution in [0.3, 0.4) is 0 Å². The molecule has 130 valence electrons. The second-order valence-corrected chi connectivity index (χ2v) is 5.71. The van der Waals surface area contributed by atoms with Gasteiger partial charge < -0.3 is 16.2 Å². The number of rotatable bonds is 5. The molecule has 2 aromatic carbocycles. The van der Waals surface area contributed by atoms with Gasteiger partial charge in [0.1, 0.15) is 12.6 Å². The Hall–Kier alpha value is -3.13. The lowest BCUT2D eigenvalue weighted by atomic mass is 10.0. The summed E-state index contributed by atoms with van der Waals surface area (Å²) in [5.41, 5.74) is 6.46. The molecule has 3 rings (SSSR count). The number of hydrogen-bond acceptors (Lipinski definition) is 4. The van der Waals surface area contributed by atoms with E-state index in [-0.39, 0.29) is 19.4 Å². The number of amides is 3. The minimum atomic E-state index is -1.24. The fourth-order valence-electron chi connectivity index (χ4n) is 2.77. The predicted molar refractivity (Wildman–Crippen MR) is 89.6 cm³/mol. The maximum absolute atomic E-state index is 12.5. The van der Waals surface area contributed by atoms with E-state index in [4.69, 9.17) is 10.6 Å². The van der Waals surface area contributed by atoms with Crippen LogP contribution in [0.15, 0.2) is 36.4 Å². The van der Waals surface area contributed by atoms with Gasteiger partial charge in [-0.15, -0.1) is 0 Å². The summed E-state index contributed by atoms with van der Waals surface area (Å²) < 4.78 is 0. The normalized spacial score (nSPS) is 14.2. The topological polar surface area (TPSA) is 122 Å². The number of aliphatic carboxylic acids is 1. The lowest BCUT2D eigenvalue weighted by Crippen LogP contribution is -2.47. The van der Waals surface area contributed by atoms with Gasteiger partial charge in [-0.05, 0) is 11.8 Å². The molecular weight excluding hydrogens is 326 g/mol. The third kappa shape index (κ3) is 3.38. The number of benzene rings is 2. The Morgan fingerprint density at radius 2 is 2.00 bits per heavy atom. The largest absolute Gasteiger partial charge is 0.480 e. The molecule has 1 aliphatic rings. The Labute approximate surface area is 143 Å². The molecule has 0 spiro atoms. The maximum atomic E-state index is 12.5. The summed E-state index contributed by atoms with van der Waals surface area (Å²) in [6.45, 7) is 0.215. The van der Waals surface area contributed by atoms with Gasteiger partial charge in [-0.2, -0.15) is 5.06 Å². The van der Waals surface area contributed by atoms with Crippen LogP contribution >= 0.6 is 0 Å². The Kier molecular flexibility index (Phi) is 4.53. The molecule has 1 atom stereocenters. The van der Waals surface area contributed by atoms with Crippen LogP contribution in [0, 0.1) is 0 Å². The van der Waals surface area contributed by atoms with Gasteiger partial charge in [0, 0.05) is 17.4 Å². The van der Waals surface area contributed by atoms with Crippen LogP contribution in [-0.2, 0) is 21.0 Å². The van der Waals surface area contributed by atoms with Gasteiger partial charge in [-0.1, -0.05) is 36.4 Å². The van der Waals surface area contributed by atoms with E-state index in [9.17, 15) is 19.5 Å². The molecule has 0 aliphatic carbocycles. The van der Waals surface area contributed by atoms with Crippen LogP contribution in [0.25, 0.3) is 10.8 Å². The first-order chi connectivity index (χ1) is 12.0. The molecule has 3 amide bonds. The molecule has 0 fully saturated rings. The molecule has 0 saturated carbocycles. The minimum Gasteiger partial charge on any atom is -0.480 e. The number of nitrogens with one attached hydrogen (secondary N) is 1. The highest BCUT2D eigenvalue weighted by molar-refractivity contribution is 6.04. The standard InChI is InChI=1S/C17H17N3O5/c18-14(21)8-7-13(16(22)23)19-17(24)20-15-11(9-25-20)6-5-10-3-1-2-4-12(10)15/h1-6,13H,7-9H2,(H2,18,21)(H,19,24)(H,22,23)/t13-/m0/s1. The van der Waals surface area contributed by atoms with Crippen LogP contribution < -0.4 is 16.1 Å². The van der Waals surface area contributed by atoms with E-state index in [0.717, 1.165) is 21.4 Å². The van der Waals surface area contributed by atoms with Crippen molar-refractivity contribution in [2.24, 2.45) is 5.73 Å². The van der Waals surface area contributed by atoms with E-state index >= 15 is 0 Å². The number of hydroxylamine groups is 1. The molecule has 4 N–H and O–H groups in total. The highest BCUT2D eigenvalue weighted by atomic mass is 16.7. The number of carbonyl (C=O) groups excluding carboxylic acids is 2. The summed E-state index contributed by atoms with van der Waals surface area (Å²) >= 11 is 0. The zero-order chi connectivity index (χ0) is 18.0. The summed E-state index contributed by atoms with van der Waals surface area (Å²) in [7, 11) is 0. The number of urea groups is 1. The molecule has 0 aromatic heterocycles. The van der Waals surface area contributed by atoms with Crippen molar-refractivity contribution in [1.82, 2.24) is 5.32 Å². The molecule has 25 heavy (non-hydrogen) atoms. The second-order valence-electron chi connectivity index (χ2n) is 5.71. The van der Waals surface area contributed by atoms with E-state index in [0.29, 0.717) is 5.69 Å². The monoisotopic (exact) mass is 343 g/mol. The minimum absolute atomic E-state index is 0.0906. The Balaban J connectivity index is 1.84. The number of fused-ring (bicyclic) bond motifs is 3. The van der Waals surface area contributed by atoms with Gasteiger partial charge >= 0.3 is 12.0 Å². The third-order valence-corrected chi connectivity index (χ3v) is 4.00. The molecule has 2 aromatic rings. The van der Waals surface area contributed by atoms with Crippen molar-refractivity contribution >= 4 is 34.4 Å². The van der Waals surface area contributed by atoms with Crippen LogP contribution in [0.2, 0.25) is 0 Å². The number of primary amides is 1. The molecule has 1 aliphatic heterocycles. The number of anilines is 1. The highest BCUT2D eigenvalue weighted by Crippen LogP contribution is 2.36. The van der Waals surface area contributed by atoms with E-state index in [1.165, 1.54) is 0 Å². The molecule has 0 bridgehead atoms. The highest BCUT2D eigenvalue weighted by Gasteiger charge is 2.31. The van der Waals surface area contributed by atoms with Crippen molar-refractivity contribution in [2.75, 3.05) is 5.06 Å². The van der Waals surface area contributed by atoms with Gasteiger partial charge in [-0.25, -0.2) is 9.59 Å².